The Balaban J connectivity index is 2.06. The Kier molecular flexibility index (Phi) is 5.98. The summed E-state index contributed by atoms with van der Waals surface area (Å²) >= 11 is 0. The molecule has 0 fully saturated rings. The molecule has 2 aromatic carbocycles. The molecular weight excluding hydrogens is 324 g/mol. The van der Waals surface area contributed by atoms with E-state index in [9.17, 15) is 9.59 Å². The molecule has 0 bridgehead atoms. The number of hydrogen-bond acceptors (Lipinski definition) is 2. The van der Waals surface area contributed by atoms with E-state index in [0.717, 1.165) is 44.8 Å². The predicted octanol–water partition coefficient (Wildman–Crippen LogP) is 4.67. The number of anilines is 2. The summed E-state index contributed by atoms with van der Waals surface area (Å²) in [5.74, 6) is -0.653. The monoisotopic (exact) mass is 350 g/mol. The minimum Gasteiger partial charge on any atom is -0.322 e. The minimum absolute atomic E-state index is 0.326. The average molecular weight is 350 g/mol. The van der Waals surface area contributed by atoms with Gasteiger partial charge in [0, 0.05) is 23.5 Å². The van der Waals surface area contributed by atoms with Gasteiger partial charge in [-0.3, -0.25) is 9.59 Å². The second-order valence-corrected chi connectivity index (χ2v) is 6.86. The number of nitrogens with one attached hydrogen (secondary N) is 2. The normalized spacial score (nSPS) is 10.8. The molecule has 0 saturated carbocycles. The SMILES string of the molecule is Cc1cc(C)c(NC(=O)/C=C/C(=O)Nc2c(C)cc(C)cc2C)c(C)c1. The third-order valence-electron chi connectivity index (χ3n) is 4.24. The van der Waals surface area contributed by atoms with Crippen LogP contribution in [0.25, 0.3) is 0 Å². The van der Waals surface area contributed by atoms with Gasteiger partial charge in [0.2, 0.25) is 11.8 Å². The molecule has 0 saturated heterocycles. The van der Waals surface area contributed by atoms with Crippen molar-refractivity contribution in [1.29, 1.82) is 0 Å². The van der Waals surface area contributed by atoms with Crippen LogP contribution < -0.4 is 10.6 Å². The summed E-state index contributed by atoms with van der Waals surface area (Å²) < 4.78 is 0. The Morgan fingerprint density at radius 1 is 0.615 bits per heavy atom. The van der Waals surface area contributed by atoms with Crippen LogP contribution in [0, 0.1) is 41.5 Å². The van der Waals surface area contributed by atoms with E-state index in [0.29, 0.717) is 0 Å². The molecule has 4 heteroatoms. The summed E-state index contributed by atoms with van der Waals surface area (Å²) in [5.41, 5.74) is 7.87. The summed E-state index contributed by atoms with van der Waals surface area (Å²) in [6.45, 7) is 11.9. The van der Waals surface area contributed by atoms with Gasteiger partial charge in [-0.15, -0.1) is 0 Å². The van der Waals surface area contributed by atoms with Crippen LogP contribution in [0.3, 0.4) is 0 Å². The molecule has 2 aromatic rings. The highest BCUT2D eigenvalue weighted by Gasteiger charge is 2.08. The fourth-order valence-electron chi connectivity index (χ4n) is 3.24. The third-order valence-corrected chi connectivity index (χ3v) is 4.24. The molecule has 0 aliphatic heterocycles. The number of carbonyl (C=O) groups is 2. The van der Waals surface area contributed by atoms with Crippen LogP contribution in [-0.4, -0.2) is 11.8 Å². The Morgan fingerprint density at radius 2 is 0.885 bits per heavy atom. The number of aryl methyl sites for hydroxylation is 6. The van der Waals surface area contributed by atoms with Crippen molar-refractivity contribution in [3.05, 3.63) is 69.8 Å². The standard InChI is InChI=1S/C22H26N2O2/c1-13-9-15(3)21(16(4)10-13)23-19(25)7-8-20(26)24-22-17(5)11-14(2)12-18(22)6/h7-12H,1-6H3,(H,23,25)(H,24,26)/b8-7+. The van der Waals surface area contributed by atoms with Crippen LogP contribution in [0.1, 0.15) is 33.4 Å². The van der Waals surface area contributed by atoms with Gasteiger partial charge in [-0.1, -0.05) is 35.4 Å². The number of hydrogen-bond donors (Lipinski definition) is 2. The fourth-order valence-corrected chi connectivity index (χ4v) is 3.24. The van der Waals surface area contributed by atoms with Crippen LogP contribution in [0.4, 0.5) is 11.4 Å². The molecule has 0 atom stereocenters. The molecule has 26 heavy (non-hydrogen) atoms. The Labute approximate surface area is 155 Å². The van der Waals surface area contributed by atoms with E-state index in [-0.39, 0.29) is 11.8 Å². The molecule has 2 N–H and O–H groups in total. The van der Waals surface area contributed by atoms with Gasteiger partial charge in [0.25, 0.3) is 0 Å². The van der Waals surface area contributed by atoms with Gasteiger partial charge < -0.3 is 10.6 Å². The summed E-state index contributed by atoms with van der Waals surface area (Å²) in [6.07, 6.45) is 2.51. The second-order valence-electron chi connectivity index (χ2n) is 6.86. The first kappa shape index (κ1) is 19.4. The van der Waals surface area contributed by atoms with Gasteiger partial charge in [-0.2, -0.15) is 0 Å². The number of benzene rings is 2. The highest BCUT2D eigenvalue weighted by atomic mass is 16.2. The molecule has 2 rings (SSSR count). The van der Waals surface area contributed by atoms with Crippen molar-refractivity contribution in [3.8, 4) is 0 Å². The zero-order valence-electron chi connectivity index (χ0n) is 16.3. The Morgan fingerprint density at radius 3 is 1.15 bits per heavy atom. The van der Waals surface area contributed by atoms with Gasteiger partial charge in [0.1, 0.15) is 0 Å². The summed E-state index contributed by atoms with van der Waals surface area (Å²) in [7, 11) is 0. The fraction of sp³-hybridized carbons (Fsp3) is 0.273. The van der Waals surface area contributed by atoms with Crippen molar-refractivity contribution in [3.63, 3.8) is 0 Å². The lowest BCUT2D eigenvalue weighted by Gasteiger charge is -2.12. The van der Waals surface area contributed by atoms with E-state index in [1.807, 2.05) is 65.8 Å². The lowest BCUT2D eigenvalue weighted by Crippen LogP contribution is -2.14. The van der Waals surface area contributed by atoms with Gasteiger partial charge in [-0.05, 0) is 63.8 Å². The molecule has 0 aliphatic rings. The third kappa shape index (κ3) is 4.82. The molecule has 0 unspecified atom stereocenters. The van der Waals surface area contributed by atoms with Crippen molar-refractivity contribution in [2.45, 2.75) is 41.5 Å². The van der Waals surface area contributed by atoms with E-state index in [1.165, 1.54) is 12.2 Å². The van der Waals surface area contributed by atoms with Crippen molar-refractivity contribution in [1.82, 2.24) is 0 Å². The maximum absolute atomic E-state index is 12.2. The van der Waals surface area contributed by atoms with Gasteiger partial charge >= 0.3 is 0 Å². The lowest BCUT2D eigenvalue weighted by molar-refractivity contribution is -0.114. The van der Waals surface area contributed by atoms with E-state index >= 15 is 0 Å². The van der Waals surface area contributed by atoms with Crippen molar-refractivity contribution in [2.24, 2.45) is 0 Å². The van der Waals surface area contributed by atoms with Gasteiger partial charge in [0.05, 0.1) is 0 Å². The molecular formula is C22H26N2O2. The van der Waals surface area contributed by atoms with Crippen molar-refractivity contribution < 1.29 is 9.59 Å². The zero-order valence-corrected chi connectivity index (χ0v) is 16.3. The molecule has 0 aliphatic carbocycles. The predicted molar refractivity (Wildman–Crippen MR) is 108 cm³/mol. The molecule has 0 aromatic heterocycles. The molecule has 0 spiro atoms. The summed E-state index contributed by atoms with van der Waals surface area (Å²) in [5, 5.41) is 5.70. The van der Waals surface area contributed by atoms with Crippen molar-refractivity contribution in [2.75, 3.05) is 10.6 Å². The Bertz CT molecular complexity index is 776. The lowest BCUT2D eigenvalue weighted by atomic mass is 10.0. The summed E-state index contributed by atoms with van der Waals surface area (Å²) in [4.78, 5) is 24.3. The molecule has 4 nitrogen and oxygen atoms in total. The summed E-state index contributed by atoms with van der Waals surface area (Å²) in [6, 6.07) is 8.06. The van der Waals surface area contributed by atoms with E-state index in [1.54, 1.807) is 0 Å². The first-order valence-corrected chi connectivity index (χ1v) is 8.63. The van der Waals surface area contributed by atoms with Crippen LogP contribution in [0.15, 0.2) is 36.4 Å². The van der Waals surface area contributed by atoms with Crippen molar-refractivity contribution >= 4 is 23.2 Å². The van der Waals surface area contributed by atoms with Crippen LogP contribution >= 0.6 is 0 Å². The highest BCUT2D eigenvalue weighted by Crippen LogP contribution is 2.23. The molecule has 0 heterocycles. The van der Waals surface area contributed by atoms with E-state index in [2.05, 4.69) is 10.6 Å². The maximum Gasteiger partial charge on any atom is 0.248 e. The Hall–Kier alpha value is -2.88. The quantitative estimate of drug-likeness (QED) is 0.787. The number of rotatable bonds is 4. The second kappa shape index (κ2) is 8.00. The van der Waals surface area contributed by atoms with Crippen LogP contribution in [0.5, 0.6) is 0 Å². The first-order valence-electron chi connectivity index (χ1n) is 8.63. The smallest absolute Gasteiger partial charge is 0.248 e. The van der Waals surface area contributed by atoms with E-state index < -0.39 is 0 Å². The molecule has 136 valence electrons. The number of carbonyl (C=O) groups excluding carboxylic acids is 2. The minimum atomic E-state index is -0.326. The van der Waals surface area contributed by atoms with Gasteiger partial charge in [0.15, 0.2) is 0 Å². The highest BCUT2D eigenvalue weighted by molar-refractivity contribution is 6.07. The maximum atomic E-state index is 12.2. The largest absolute Gasteiger partial charge is 0.322 e. The molecule has 0 radical (unpaired) electrons. The van der Waals surface area contributed by atoms with E-state index in [4.69, 9.17) is 0 Å². The number of amides is 2. The first-order chi connectivity index (χ1) is 12.2. The molecule has 2 amide bonds. The van der Waals surface area contributed by atoms with Crippen LogP contribution in [0.2, 0.25) is 0 Å². The topological polar surface area (TPSA) is 58.2 Å². The zero-order chi connectivity index (χ0) is 19.4. The average Bonchev–Trinajstić information content (AvgIpc) is 2.52. The van der Waals surface area contributed by atoms with Gasteiger partial charge in [-0.25, -0.2) is 0 Å². The van der Waals surface area contributed by atoms with Crippen LogP contribution in [-0.2, 0) is 9.59 Å².